The molecule has 0 aliphatic carbocycles. The average Bonchev–Trinajstić information content (AvgIpc) is 2.45. The van der Waals surface area contributed by atoms with Crippen molar-refractivity contribution in [1.29, 1.82) is 0 Å². The molecule has 112 valence electrons. The van der Waals surface area contributed by atoms with Crippen LogP contribution < -0.4 is 10.6 Å². The first kappa shape index (κ1) is 16.4. The van der Waals surface area contributed by atoms with Crippen LogP contribution in [0.1, 0.15) is 18.9 Å². The van der Waals surface area contributed by atoms with Gasteiger partial charge in [-0.3, -0.25) is 4.99 Å². The minimum Gasteiger partial charge on any atom is -0.382 e. The first-order valence-electron chi connectivity index (χ1n) is 6.63. The van der Waals surface area contributed by atoms with Crippen LogP contribution in [0.15, 0.2) is 23.2 Å². The fraction of sp³-hybridized carbons (Fsp3) is 0.500. The SMILES string of the molecule is CCOCCCNC(=NC)NCc1cc(F)ccc1F. The Morgan fingerprint density at radius 3 is 2.80 bits per heavy atom. The van der Waals surface area contributed by atoms with Gasteiger partial charge in [0.05, 0.1) is 0 Å². The fourth-order valence-electron chi connectivity index (χ4n) is 1.60. The summed E-state index contributed by atoms with van der Waals surface area (Å²) in [6.45, 7) is 4.20. The highest BCUT2D eigenvalue weighted by molar-refractivity contribution is 5.79. The lowest BCUT2D eigenvalue weighted by molar-refractivity contribution is 0.145. The minimum absolute atomic E-state index is 0.175. The summed E-state index contributed by atoms with van der Waals surface area (Å²) in [6.07, 6.45) is 0.850. The third-order valence-corrected chi connectivity index (χ3v) is 2.64. The zero-order valence-corrected chi connectivity index (χ0v) is 11.9. The third kappa shape index (κ3) is 5.97. The summed E-state index contributed by atoms with van der Waals surface area (Å²) in [4.78, 5) is 4.01. The van der Waals surface area contributed by atoms with E-state index >= 15 is 0 Å². The van der Waals surface area contributed by atoms with E-state index in [0.29, 0.717) is 25.7 Å². The van der Waals surface area contributed by atoms with Gasteiger partial charge in [0.25, 0.3) is 0 Å². The van der Waals surface area contributed by atoms with Crippen LogP contribution in [0.4, 0.5) is 8.78 Å². The lowest BCUT2D eigenvalue weighted by Gasteiger charge is -2.12. The first-order chi connectivity index (χ1) is 9.67. The van der Waals surface area contributed by atoms with Crippen LogP contribution in [0.3, 0.4) is 0 Å². The third-order valence-electron chi connectivity index (χ3n) is 2.64. The van der Waals surface area contributed by atoms with Crippen molar-refractivity contribution in [3.63, 3.8) is 0 Å². The second kappa shape index (κ2) is 9.25. The molecule has 0 saturated carbocycles. The maximum Gasteiger partial charge on any atom is 0.191 e. The standard InChI is InChI=1S/C14H21F2N3O/c1-3-20-8-4-7-18-14(17-2)19-10-11-9-12(15)5-6-13(11)16/h5-6,9H,3-4,7-8,10H2,1-2H3,(H2,17,18,19). The van der Waals surface area contributed by atoms with Crippen LogP contribution in [0.2, 0.25) is 0 Å². The van der Waals surface area contributed by atoms with Crippen molar-refractivity contribution in [2.75, 3.05) is 26.8 Å². The second-order valence-corrected chi connectivity index (χ2v) is 4.14. The number of hydrogen-bond donors (Lipinski definition) is 2. The molecule has 0 radical (unpaired) electrons. The van der Waals surface area contributed by atoms with Gasteiger partial charge in [0, 0.05) is 38.9 Å². The van der Waals surface area contributed by atoms with Gasteiger partial charge >= 0.3 is 0 Å². The van der Waals surface area contributed by atoms with Gasteiger partial charge in [0.1, 0.15) is 11.6 Å². The Morgan fingerprint density at radius 1 is 1.30 bits per heavy atom. The smallest absolute Gasteiger partial charge is 0.191 e. The minimum atomic E-state index is -0.456. The molecular formula is C14H21F2N3O. The van der Waals surface area contributed by atoms with Crippen LogP contribution in [0, 0.1) is 11.6 Å². The van der Waals surface area contributed by atoms with Crippen LogP contribution in [-0.2, 0) is 11.3 Å². The number of ether oxygens (including phenoxy) is 1. The van der Waals surface area contributed by atoms with Gasteiger partial charge in [-0.15, -0.1) is 0 Å². The molecule has 1 rings (SSSR count). The van der Waals surface area contributed by atoms with E-state index in [-0.39, 0.29) is 12.1 Å². The molecule has 4 nitrogen and oxygen atoms in total. The Kier molecular flexibility index (Phi) is 7.57. The Balaban J connectivity index is 2.36. The fourth-order valence-corrected chi connectivity index (χ4v) is 1.60. The predicted molar refractivity (Wildman–Crippen MR) is 75.7 cm³/mol. The van der Waals surface area contributed by atoms with Crippen molar-refractivity contribution in [3.8, 4) is 0 Å². The highest BCUT2D eigenvalue weighted by Crippen LogP contribution is 2.08. The molecule has 0 bridgehead atoms. The lowest BCUT2D eigenvalue weighted by atomic mass is 10.2. The predicted octanol–water partition coefficient (Wildman–Crippen LogP) is 2.06. The normalized spacial score (nSPS) is 11.5. The van der Waals surface area contributed by atoms with E-state index in [1.54, 1.807) is 7.05 Å². The molecule has 0 aliphatic rings. The van der Waals surface area contributed by atoms with Crippen LogP contribution in [0.25, 0.3) is 0 Å². The Bertz CT molecular complexity index is 438. The number of halogens is 2. The molecular weight excluding hydrogens is 264 g/mol. The molecule has 2 N–H and O–H groups in total. The topological polar surface area (TPSA) is 45.6 Å². The summed E-state index contributed by atoms with van der Waals surface area (Å²) in [5.41, 5.74) is 0.266. The maximum atomic E-state index is 13.4. The Labute approximate surface area is 118 Å². The van der Waals surface area contributed by atoms with E-state index in [1.165, 1.54) is 6.07 Å². The zero-order valence-electron chi connectivity index (χ0n) is 11.9. The number of guanidine groups is 1. The van der Waals surface area contributed by atoms with E-state index in [2.05, 4.69) is 15.6 Å². The second-order valence-electron chi connectivity index (χ2n) is 4.14. The van der Waals surface area contributed by atoms with Gasteiger partial charge in [-0.2, -0.15) is 0 Å². The molecule has 0 saturated heterocycles. The van der Waals surface area contributed by atoms with E-state index in [9.17, 15) is 8.78 Å². The van der Waals surface area contributed by atoms with E-state index in [0.717, 1.165) is 18.6 Å². The highest BCUT2D eigenvalue weighted by Gasteiger charge is 2.04. The largest absolute Gasteiger partial charge is 0.382 e. The molecule has 0 aliphatic heterocycles. The number of rotatable bonds is 7. The average molecular weight is 285 g/mol. The number of nitrogens with one attached hydrogen (secondary N) is 2. The van der Waals surface area contributed by atoms with Crippen molar-refractivity contribution in [2.24, 2.45) is 4.99 Å². The maximum absolute atomic E-state index is 13.4. The molecule has 1 aromatic carbocycles. The quantitative estimate of drug-likeness (QED) is 0.458. The molecule has 0 spiro atoms. The van der Waals surface area contributed by atoms with Crippen LogP contribution in [-0.4, -0.2) is 32.8 Å². The van der Waals surface area contributed by atoms with Crippen LogP contribution >= 0.6 is 0 Å². The summed E-state index contributed by atoms with van der Waals surface area (Å²) in [7, 11) is 1.62. The zero-order chi connectivity index (χ0) is 14.8. The van der Waals surface area contributed by atoms with Crippen molar-refractivity contribution in [1.82, 2.24) is 10.6 Å². The monoisotopic (exact) mass is 285 g/mol. The molecule has 0 fully saturated rings. The van der Waals surface area contributed by atoms with Crippen LogP contribution in [0.5, 0.6) is 0 Å². The van der Waals surface area contributed by atoms with Gasteiger partial charge in [0.15, 0.2) is 5.96 Å². The molecule has 0 amide bonds. The van der Waals surface area contributed by atoms with Gasteiger partial charge in [-0.25, -0.2) is 8.78 Å². The van der Waals surface area contributed by atoms with Crippen molar-refractivity contribution >= 4 is 5.96 Å². The van der Waals surface area contributed by atoms with Gasteiger partial charge in [-0.1, -0.05) is 0 Å². The van der Waals surface area contributed by atoms with E-state index < -0.39 is 11.6 Å². The number of benzene rings is 1. The van der Waals surface area contributed by atoms with E-state index in [1.807, 2.05) is 6.92 Å². The molecule has 0 heterocycles. The summed E-state index contributed by atoms with van der Waals surface area (Å²) in [5.74, 6) is -0.348. The van der Waals surface area contributed by atoms with E-state index in [4.69, 9.17) is 4.74 Å². The lowest BCUT2D eigenvalue weighted by Crippen LogP contribution is -2.37. The molecule has 0 atom stereocenters. The number of hydrogen-bond acceptors (Lipinski definition) is 2. The summed E-state index contributed by atoms with van der Waals surface area (Å²) >= 11 is 0. The Hall–Kier alpha value is -1.69. The summed E-state index contributed by atoms with van der Waals surface area (Å²) in [6, 6.07) is 3.38. The summed E-state index contributed by atoms with van der Waals surface area (Å²) < 4.78 is 31.7. The van der Waals surface area contributed by atoms with Crippen molar-refractivity contribution in [2.45, 2.75) is 19.9 Å². The molecule has 6 heteroatoms. The molecule has 1 aromatic rings. The van der Waals surface area contributed by atoms with Crippen molar-refractivity contribution < 1.29 is 13.5 Å². The highest BCUT2D eigenvalue weighted by atomic mass is 19.1. The number of nitrogens with zero attached hydrogens (tertiary/aromatic N) is 1. The molecule has 20 heavy (non-hydrogen) atoms. The molecule has 0 aromatic heterocycles. The Morgan fingerprint density at radius 2 is 2.10 bits per heavy atom. The van der Waals surface area contributed by atoms with Crippen molar-refractivity contribution in [3.05, 3.63) is 35.4 Å². The first-order valence-corrected chi connectivity index (χ1v) is 6.63. The number of aliphatic imine (C=N–C) groups is 1. The van der Waals surface area contributed by atoms with Gasteiger partial charge < -0.3 is 15.4 Å². The summed E-state index contributed by atoms with van der Waals surface area (Å²) in [5, 5.41) is 6.01. The molecule has 0 unspecified atom stereocenters. The van der Waals surface area contributed by atoms with Gasteiger partial charge in [0.2, 0.25) is 0 Å². The van der Waals surface area contributed by atoms with Gasteiger partial charge in [-0.05, 0) is 31.5 Å².